The number of benzene rings is 2. The van der Waals surface area contributed by atoms with Gasteiger partial charge in [0, 0.05) is 16.3 Å². The van der Waals surface area contributed by atoms with Crippen LogP contribution in [0, 0.1) is 6.92 Å². The number of anilines is 2. The van der Waals surface area contributed by atoms with Crippen LogP contribution in [0.3, 0.4) is 0 Å². The average Bonchev–Trinajstić information content (AvgIpc) is 2.49. The van der Waals surface area contributed by atoms with E-state index in [1.165, 1.54) is 0 Å². The zero-order valence-corrected chi connectivity index (χ0v) is 12.8. The Morgan fingerprint density at radius 1 is 1.10 bits per heavy atom. The number of hydrogen-bond donors (Lipinski definition) is 2. The molecule has 110 valence electrons. The van der Waals surface area contributed by atoms with Crippen molar-refractivity contribution in [3.05, 3.63) is 54.1 Å². The number of amides is 1. The fourth-order valence-electron chi connectivity index (χ4n) is 1.78. The Morgan fingerprint density at radius 2 is 1.67 bits per heavy atom. The second-order valence-corrected chi connectivity index (χ2v) is 6.64. The van der Waals surface area contributed by atoms with Gasteiger partial charge in [0.1, 0.15) is 5.25 Å². The van der Waals surface area contributed by atoms with Gasteiger partial charge < -0.3 is 11.1 Å². The van der Waals surface area contributed by atoms with Crippen molar-refractivity contribution in [1.82, 2.24) is 0 Å². The standard InChI is InChI=1S/C16H18N2O2S/c1-11-3-9-15(10-4-11)21(20)12(2)16(19)18-14-7-5-13(17)6-8-14/h3-10,12H,17H2,1-2H3,(H,18,19). The molecule has 2 rings (SSSR count). The maximum Gasteiger partial charge on any atom is 0.240 e. The van der Waals surface area contributed by atoms with E-state index < -0.39 is 16.0 Å². The van der Waals surface area contributed by atoms with E-state index in [9.17, 15) is 9.00 Å². The number of carbonyl (C=O) groups is 1. The highest BCUT2D eigenvalue weighted by molar-refractivity contribution is 7.86. The summed E-state index contributed by atoms with van der Waals surface area (Å²) in [5.41, 5.74) is 7.95. The van der Waals surface area contributed by atoms with Crippen molar-refractivity contribution in [2.24, 2.45) is 0 Å². The number of aryl methyl sites for hydroxylation is 1. The highest BCUT2D eigenvalue weighted by Crippen LogP contribution is 2.15. The van der Waals surface area contributed by atoms with Crippen molar-refractivity contribution in [1.29, 1.82) is 0 Å². The van der Waals surface area contributed by atoms with Gasteiger partial charge in [-0.05, 0) is 50.2 Å². The summed E-state index contributed by atoms with van der Waals surface area (Å²) in [6.07, 6.45) is 0. The first kappa shape index (κ1) is 15.3. The van der Waals surface area contributed by atoms with Gasteiger partial charge in [0.05, 0.1) is 10.8 Å². The zero-order chi connectivity index (χ0) is 15.4. The monoisotopic (exact) mass is 302 g/mol. The molecule has 0 fully saturated rings. The number of rotatable bonds is 4. The van der Waals surface area contributed by atoms with Gasteiger partial charge in [-0.1, -0.05) is 17.7 Å². The molecule has 0 aromatic heterocycles. The van der Waals surface area contributed by atoms with Crippen LogP contribution in [-0.2, 0) is 15.6 Å². The summed E-state index contributed by atoms with van der Waals surface area (Å²) >= 11 is 0. The predicted molar refractivity (Wildman–Crippen MR) is 86.5 cm³/mol. The van der Waals surface area contributed by atoms with Crippen molar-refractivity contribution >= 4 is 28.1 Å². The predicted octanol–water partition coefficient (Wildman–Crippen LogP) is 2.71. The topological polar surface area (TPSA) is 72.2 Å². The van der Waals surface area contributed by atoms with Crippen LogP contribution in [0.4, 0.5) is 11.4 Å². The molecule has 2 aromatic rings. The van der Waals surface area contributed by atoms with Crippen molar-refractivity contribution in [3.8, 4) is 0 Å². The minimum Gasteiger partial charge on any atom is -0.399 e. The molecule has 4 nitrogen and oxygen atoms in total. The van der Waals surface area contributed by atoms with E-state index in [-0.39, 0.29) is 5.91 Å². The largest absolute Gasteiger partial charge is 0.399 e. The molecule has 0 spiro atoms. The Kier molecular flexibility index (Phi) is 4.75. The molecule has 0 saturated carbocycles. The summed E-state index contributed by atoms with van der Waals surface area (Å²) < 4.78 is 12.4. The highest BCUT2D eigenvalue weighted by atomic mass is 32.2. The van der Waals surface area contributed by atoms with Crippen molar-refractivity contribution in [2.45, 2.75) is 24.0 Å². The Labute approximate surface area is 126 Å². The van der Waals surface area contributed by atoms with Gasteiger partial charge in [-0.25, -0.2) is 0 Å². The van der Waals surface area contributed by atoms with Crippen LogP contribution in [0.25, 0.3) is 0 Å². The number of hydrogen-bond acceptors (Lipinski definition) is 3. The molecule has 0 aliphatic heterocycles. The molecule has 5 heteroatoms. The molecule has 21 heavy (non-hydrogen) atoms. The molecule has 0 heterocycles. The summed E-state index contributed by atoms with van der Waals surface area (Å²) in [6.45, 7) is 3.62. The normalized spacial score (nSPS) is 13.4. The third-order valence-corrected chi connectivity index (χ3v) is 4.71. The van der Waals surface area contributed by atoms with Crippen LogP contribution < -0.4 is 11.1 Å². The second-order valence-electron chi connectivity index (χ2n) is 4.86. The minimum atomic E-state index is -1.38. The molecule has 0 saturated heterocycles. The van der Waals surface area contributed by atoms with Crippen molar-refractivity contribution < 1.29 is 9.00 Å². The first-order chi connectivity index (χ1) is 9.97. The van der Waals surface area contributed by atoms with Gasteiger partial charge in [0.15, 0.2) is 0 Å². The molecule has 3 N–H and O–H groups in total. The molecular weight excluding hydrogens is 284 g/mol. The summed E-state index contributed by atoms with van der Waals surface area (Å²) in [6, 6.07) is 14.2. The average molecular weight is 302 g/mol. The Morgan fingerprint density at radius 3 is 2.24 bits per heavy atom. The summed E-state index contributed by atoms with van der Waals surface area (Å²) in [7, 11) is -1.38. The molecular formula is C16H18N2O2S. The maximum absolute atomic E-state index is 12.4. The molecule has 0 aliphatic rings. The van der Waals surface area contributed by atoms with E-state index >= 15 is 0 Å². The van der Waals surface area contributed by atoms with Crippen LogP contribution >= 0.6 is 0 Å². The number of nitrogens with one attached hydrogen (secondary N) is 1. The third-order valence-electron chi connectivity index (χ3n) is 3.12. The Hall–Kier alpha value is -2.14. The van der Waals surface area contributed by atoms with Crippen LogP contribution in [0.2, 0.25) is 0 Å². The SMILES string of the molecule is Cc1ccc(S(=O)C(C)C(=O)Nc2ccc(N)cc2)cc1. The quantitative estimate of drug-likeness (QED) is 0.853. The van der Waals surface area contributed by atoms with Gasteiger partial charge in [-0.15, -0.1) is 0 Å². The number of carbonyl (C=O) groups excluding carboxylic acids is 1. The van der Waals surface area contributed by atoms with E-state index in [1.54, 1.807) is 43.3 Å². The van der Waals surface area contributed by atoms with Crippen molar-refractivity contribution in [2.75, 3.05) is 11.1 Å². The fourth-order valence-corrected chi connectivity index (χ4v) is 2.85. The minimum absolute atomic E-state index is 0.279. The van der Waals surface area contributed by atoms with Gasteiger partial charge in [0.2, 0.25) is 5.91 Å². The van der Waals surface area contributed by atoms with E-state index in [0.29, 0.717) is 16.3 Å². The number of nitrogens with two attached hydrogens (primary N) is 1. The van der Waals surface area contributed by atoms with E-state index in [4.69, 9.17) is 5.73 Å². The molecule has 0 bridgehead atoms. The van der Waals surface area contributed by atoms with E-state index in [0.717, 1.165) is 5.56 Å². The van der Waals surface area contributed by atoms with Crippen LogP contribution in [0.15, 0.2) is 53.4 Å². The molecule has 1 amide bonds. The third kappa shape index (κ3) is 3.92. The molecule has 2 unspecified atom stereocenters. The second kappa shape index (κ2) is 6.54. The molecule has 0 aliphatic carbocycles. The van der Waals surface area contributed by atoms with Crippen LogP contribution in [0.1, 0.15) is 12.5 Å². The lowest BCUT2D eigenvalue weighted by atomic mass is 10.2. The van der Waals surface area contributed by atoms with Gasteiger partial charge in [-0.3, -0.25) is 9.00 Å². The molecule has 2 aromatic carbocycles. The highest BCUT2D eigenvalue weighted by Gasteiger charge is 2.21. The zero-order valence-electron chi connectivity index (χ0n) is 12.0. The van der Waals surface area contributed by atoms with Gasteiger partial charge in [-0.2, -0.15) is 0 Å². The maximum atomic E-state index is 12.4. The van der Waals surface area contributed by atoms with Gasteiger partial charge >= 0.3 is 0 Å². The molecule has 0 radical (unpaired) electrons. The summed E-state index contributed by atoms with van der Waals surface area (Å²) in [4.78, 5) is 12.8. The Balaban J connectivity index is 2.06. The first-order valence-corrected chi connectivity index (χ1v) is 7.82. The lowest BCUT2D eigenvalue weighted by Gasteiger charge is -2.12. The van der Waals surface area contributed by atoms with Gasteiger partial charge in [0.25, 0.3) is 0 Å². The first-order valence-electron chi connectivity index (χ1n) is 6.61. The number of nitrogen functional groups attached to an aromatic ring is 1. The van der Waals surface area contributed by atoms with E-state index in [2.05, 4.69) is 5.32 Å². The smallest absolute Gasteiger partial charge is 0.240 e. The van der Waals surface area contributed by atoms with Crippen molar-refractivity contribution in [3.63, 3.8) is 0 Å². The Bertz CT molecular complexity index is 651. The molecule has 2 atom stereocenters. The lowest BCUT2D eigenvalue weighted by Crippen LogP contribution is -2.29. The fraction of sp³-hybridized carbons (Fsp3) is 0.188. The lowest BCUT2D eigenvalue weighted by molar-refractivity contribution is -0.115. The van der Waals surface area contributed by atoms with E-state index in [1.807, 2.05) is 19.1 Å². The summed E-state index contributed by atoms with van der Waals surface area (Å²) in [5.74, 6) is -0.279. The summed E-state index contributed by atoms with van der Waals surface area (Å²) in [5, 5.41) is 2.11. The van der Waals surface area contributed by atoms with Crippen LogP contribution in [-0.4, -0.2) is 15.4 Å². The van der Waals surface area contributed by atoms with Crippen LogP contribution in [0.5, 0.6) is 0 Å².